The van der Waals surface area contributed by atoms with Crippen LogP contribution in [0.25, 0.3) is 10.2 Å². The van der Waals surface area contributed by atoms with Crippen molar-refractivity contribution in [3.05, 3.63) is 71.3 Å². The molecule has 0 radical (unpaired) electrons. The Kier molecular flexibility index (Phi) is 7.62. The van der Waals surface area contributed by atoms with Crippen molar-refractivity contribution in [3.63, 3.8) is 0 Å². The molecule has 2 aromatic carbocycles. The van der Waals surface area contributed by atoms with Gasteiger partial charge in [0.2, 0.25) is 0 Å². The number of carbonyl (C=O) groups is 1. The van der Waals surface area contributed by atoms with Crippen molar-refractivity contribution in [2.24, 2.45) is 0 Å². The molecule has 1 aromatic heterocycles. The minimum Gasteiger partial charge on any atom is -0.494 e. The molecular formula is C23H26N2O2S. The van der Waals surface area contributed by atoms with E-state index in [9.17, 15) is 4.79 Å². The van der Waals surface area contributed by atoms with Crippen LogP contribution in [0.3, 0.4) is 0 Å². The number of hydrogen-bond acceptors (Lipinski definition) is 4. The minimum absolute atomic E-state index is 0.0808. The highest BCUT2D eigenvalue weighted by Gasteiger charge is 2.08. The quantitative estimate of drug-likeness (QED) is 0.352. The molecule has 0 aliphatic heterocycles. The van der Waals surface area contributed by atoms with Gasteiger partial charge >= 0.3 is 0 Å². The van der Waals surface area contributed by atoms with Crippen LogP contribution < -0.4 is 10.1 Å². The highest BCUT2D eigenvalue weighted by atomic mass is 32.1. The Hall–Kier alpha value is -2.66. The molecule has 0 unspecified atom stereocenters. The van der Waals surface area contributed by atoms with E-state index in [1.165, 1.54) is 24.2 Å². The zero-order valence-electron chi connectivity index (χ0n) is 16.2. The third kappa shape index (κ3) is 5.92. The number of amides is 1. The zero-order chi connectivity index (χ0) is 19.6. The second-order valence-corrected chi connectivity index (χ2v) is 7.52. The number of ether oxygens (including phenoxy) is 1. The SMILES string of the molecule is CC=CCCCCCOc1cccc(CNC(=O)c2ccc3ncsc3c2)c1. The summed E-state index contributed by atoms with van der Waals surface area (Å²) >= 11 is 1.54. The molecule has 0 fully saturated rings. The van der Waals surface area contributed by atoms with Crippen molar-refractivity contribution in [3.8, 4) is 5.75 Å². The number of allylic oxidation sites excluding steroid dienone is 2. The largest absolute Gasteiger partial charge is 0.494 e. The van der Waals surface area contributed by atoms with Crippen molar-refractivity contribution in [2.75, 3.05) is 6.61 Å². The van der Waals surface area contributed by atoms with Crippen molar-refractivity contribution in [1.82, 2.24) is 10.3 Å². The maximum absolute atomic E-state index is 12.4. The Morgan fingerprint density at radius 1 is 1.18 bits per heavy atom. The third-order valence-corrected chi connectivity index (χ3v) is 5.26. The molecule has 3 aromatic rings. The maximum Gasteiger partial charge on any atom is 0.251 e. The summed E-state index contributed by atoms with van der Waals surface area (Å²) in [5.74, 6) is 0.772. The molecule has 0 spiro atoms. The zero-order valence-corrected chi connectivity index (χ0v) is 17.0. The van der Waals surface area contributed by atoms with Crippen LogP contribution >= 0.6 is 11.3 Å². The number of aromatic nitrogens is 1. The highest BCUT2D eigenvalue weighted by molar-refractivity contribution is 7.16. The molecule has 0 saturated carbocycles. The Balaban J connectivity index is 1.45. The first-order valence-electron chi connectivity index (χ1n) is 9.70. The van der Waals surface area contributed by atoms with E-state index in [0.29, 0.717) is 12.1 Å². The lowest BCUT2D eigenvalue weighted by Gasteiger charge is -2.09. The van der Waals surface area contributed by atoms with Gasteiger partial charge < -0.3 is 10.1 Å². The summed E-state index contributed by atoms with van der Waals surface area (Å²) in [7, 11) is 0. The van der Waals surface area contributed by atoms with Gasteiger partial charge in [-0.2, -0.15) is 0 Å². The molecule has 4 nitrogen and oxygen atoms in total. The van der Waals surface area contributed by atoms with Gasteiger partial charge in [0.15, 0.2) is 0 Å². The topological polar surface area (TPSA) is 51.2 Å². The number of fused-ring (bicyclic) bond motifs is 1. The van der Waals surface area contributed by atoms with Gasteiger partial charge in [-0.15, -0.1) is 11.3 Å². The van der Waals surface area contributed by atoms with Crippen LogP contribution in [0.4, 0.5) is 0 Å². The summed E-state index contributed by atoms with van der Waals surface area (Å²) < 4.78 is 6.87. The minimum atomic E-state index is -0.0808. The fourth-order valence-electron chi connectivity index (χ4n) is 2.92. The van der Waals surface area contributed by atoms with Gasteiger partial charge in [0, 0.05) is 12.1 Å². The van der Waals surface area contributed by atoms with Crippen molar-refractivity contribution in [1.29, 1.82) is 0 Å². The molecule has 0 aliphatic rings. The van der Waals surface area contributed by atoms with Gasteiger partial charge in [0.1, 0.15) is 5.75 Å². The Bertz CT molecular complexity index is 933. The van der Waals surface area contributed by atoms with E-state index >= 15 is 0 Å². The van der Waals surface area contributed by atoms with E-state index in [1.54, 1.807) is 5.51 Å². The first-order valence-corrected chi connectivity index (χ1v) is 10.6. The second-order valence-electron chi connectivity index (χ2n) is 6.63. The number of rotatable bonds is 10. The maximum atomic E-state index is 12.4. The van der Waals surface area contributed by atoms with Crippen LogP contribution in [0.15, 0.2) is 60.1 Å². The van der Waals surface area contributed by atoms with Gasteiger partial charge in [-0.25, -0.2) is 4.98 Å². The molecular weight excluding hydrogens is 368 g/mol. The summed E-state index contributed by atoms with van der Waals surface area (Å²) in [5.41, 5.74) is 4.40. The monoisotopic (exact) mass is 394 g/mol. The molecule has 1 heterocycles. The fraction of sp³-hybridized carbons (Fsp3) is 0.304. The standard InChI is InChI=1S/C23H26N2O2S/c1-2-3-4-5-6-7-13-27-20-10-8-9-18(14-20)16-24-23(26)19-11-12-21-22(15-19)28-17-25-21/h2-3,8-12,14-15,17H,4-7,13,16H2,1H3,(H,24,26). The Morgan fingerprint density at radius 3 is 3.00 bits per heavy atom. The summed E-state index contributed by atoms with van der Waals surface area (Å²) in [6.07, 6.45) is 8.87. The summed E-state index contributed by atoms with van der Waals surface area (Å²) in [6.45, 7) is 3.25. The number of carbonyl (C=O) groups excluding carboxylic acids is 1. The molecule has 146 valence electrons. The first-order chi connectivity index (χ1) is 13.8. The molecule has 3 rings (SSSR count). The van der Waals surface area contributed by atoms with Gasteiger partial charge in [0.05, 0.1) is 22.3 Å². The lowest BCUT2D eigenvalue weighted by atomic mass is 10.1. The molecule has 28 heavy (non-hydrogen) atoms. The summed E-state index contributed by atoms with van der Waals surface area (Å²) in [4.78, 5) is 16.7. The fourth-order valence-corrected chi connectivity index (χ4v) is 3.64. The van der Waals surface area contributed by atoms with Gasteiger partial charge in [-0.05, 0) is 68.5 Å². The molecule has 1 amide bonds. The van der Waals surface area contributed by atoms with Crippen molar-refractivity contribution < 1.29 is 9.53 Å². The van der Waals surface area contributed by atoms with Gasteiger partial charge in [-0.3, -0.25) is 4.79 Å². The van der Waals surface area contributed by atoms with Crippen molar-refractivity contribution >= 4 is 27.5 Å². The van der Waals surface area contributed by atoms with E-state index in [1.807, 2.05) is 42.5 Å². The van der Waals surface area contributed by atoms with E-state index in [-0.39, 0.29) is 5.91 Å². The summed E-state index contributed by atoms with van der Waals surface area (Å²) in [6, 6.07) is 13.5. The lowest BCUT2D eigenvalue weighted by molar-refractivity contribution is 0.0951. The number of nitrogens with one attached hydrogen (secondary N) is 1. The molecule has 0 aliphatic carbocycles. The van der Waals surface area contributed by atoms with E-state index in [4.69, 9.17) is 4.74 Å². The third-order valence-electron chi connectivity index (χ3n) is 4.46. The predicted molar refractivity (Wildman–Crippen MR) is 116 cm³/mol. The van der Waals surface area contributed by atoms with Gasteiger partial charge in [0.25, 0.3) is 5.91 Å². The van der Waals surface area contributed by atoms with Crippen molar-refractivity contribution in [2.45, 2.75) is 39.2 Å². The molecule has 0 atom stereocenters. The number of nitrogens with zero attached hydrogens (tertiary/aromatic N) is 1. The van der Waals surface area contributed by atoms with E-state index < -0.39 is 0 Å². The highest BCUT2D eigenvalue weighted by Crippen LogP contribution is 2.19. The molecule has 5 heteroatoms. The summed E-state index contributed by atoms with van der Waals surface area (Å²) in [5, 5.41) is 2.98. The van der Waals surface area contributed by atoms with Crippen LogP contribution in [-0.4, -0.2) is 17.5 Å². The number of benzene rings is 2. The van der Waals surface area contributed by atoms with Crippen LogP contribution in [0.2, 0.25) is 0 Å². The Labute approximate surface area is 170 Å². The van der Waals surface area contributed by atoms with E-state index in [0.717, 1.165) is 41.0 Å². The van der Waals surface area contributed by atoms with E-state index in [2.05, 4.69) is 29.4 Å². The number of hydrogen-bond donors (Lipinski definition) is 1. The van der Waals surface area contributed by atoms with Crippen LogP contribution in [-0.2, 0) is 6.54 Å². The average molecular weight is 395 g/mol. The van der Waals surface area contributed by atoms with Crippen LogP contribution in [0.5, 0.6) is 5.75 Å². The average Bonchev–Trinajstić information content (AvgIpc) is 3.19. The predicted octanol–water partition coefficient (Wildman–Crippen LogP) is 5.74. The second kappa shape index (κ2) is 10.6. The number of thiazole rings is 1. The first kappa shape index (κ1) is 20.1. The van der Waals surface area contributed by atoms with Crippen LogP contribution in [0, 0.1) is 0 Å². The lowest BCUT2D eigenvalue weighted by Crippen LogP contribution is -2.22. The normalized spacial score (nSPS) is 11.2. The van der Waals surface area contributed by atoms with Crippen LogP contribution in [0.1, 0.15) is 48.5 Å². The molecule has 1 N–H and O–H groups in total. The smallest absolute Gasteiger partial charge is 0.251 e. The van der Waals surface area contributed by atoms with Gasteiger partial charge in [-0.1, -0.05) is 24.3 Å². The molecule has 0 bridgehead atoms. The number of unbranched alkanes of at least 4 members (excludes halogenated alkanes) is 3. The molecule has 0 saturated heterocycles. The Morgan fingerprint density at radius 2 is 2.11 bits per heavy atom.